The van der Waals surface area contributed by atoms with E-state index in [1.54, 1.807) is 6.20 Å². The van der Waals surface area contributed by atoms with Crippen LogP contribution in [0.25, 0.3) is 72.2 Å². The van der Waals surface area contributed by atoms with Crippen LogP contribution in [0.1, 0.15) is 91.8 Å². The van der Waals surface area contributed by atoms with Crippen molar-refractivity contribution >= 4 is 72.2 Å². The van der Waals surface area contributed by atoms with Crippen LogP contribution in [-0.4, -0.2) is 73.0 Å². The molecule has 0 saturated carbocycles. The highest BCUT2D eigenvalue weighted by atomic mass is 16.5. The van der Waals surface area contributed by atoms with E-state index in [0.29, 0.717) is 18.0 Å². The van der Waals surface area contributed by atoms with Gasteiger partial charge in [0.05, 0.1) is 61.9 Å². The molecular formula is C63H51N15O3. The van der Waals surface area contributed by atoms with Gasteiger partial charge < -0.3 is 27.4 Å². The Labute approximate surface area is 463 Å². The minimum absolute atomic E-state index is 0.147. The predicted octanol–water partition coefficient (Wildman–Crippen LogP) is 11.0. The second-order valence-corrected chi connectivity index (χ2v) is 20.9. The Hall–Kier alpha value is -10.1. The highest BCUT2D eigenvalue weighted by Crippen LogP contribution is 2.36. The monoisotopic (exact) mass is 1070 g/mol. The van der Waals surface area contributed by atoms with Crippen molar-refractivity contribution in [2.75, 3.05) is 0 Å². The molecule has 0 fully saturated rings. The van der Waals surface area contributed by atoms with Crippen LogP contribution in [0, 0.1) is 34.6 Å². The number of hydrogen-bond donors (Lipinski definition) is 0. The molecule has 1 aromatic carbocycles. The van der Waals surface area contributed by atoms with Crippen molar-refractivity contribution in [1.82, 2.24) is 73.0 Å². The number of hydrogen-bond acceptors (Lipinski definition) is 15. The van der Waals surface area contributed by atoms with Crippen molar-refractivity contribution in [3.05, 3.63) is 201 Å². The molecule has 0 bridgehead atoms. The molecule has 396 valence electrons. The molecule has 12 aromatic heterocycles. The van der Waals surface area contributed by atoms with Crippen LogP contribution in [0.5, 0.6) is 18.0 Å². The number of ether oxygens (including phenoxy) is 3. The summed E-state index contributed by atoms with van der Waals surface area (Å²) >= 11 is 0. The summed E-state index contributed by atoms with van der Waals surface area (Å²) in [4.78, 5) is 58.3. The number of para-hydroxylation sites is 1. The first kappa shape index (κ1) is 48.1. The Bertz CT molecular complexity index is 4830. The highest BCUT2D eigenvalue weighted by molar-refractivity contribution is 5.94. The number of benzene rings is 1. The van der Waals surface area contributed by atoms with Crippen molar-refractivity contribution in [1.29, 1.82) is 0 Å². The minimum atomic E-state index is 0.147. The van der Waals surface area contributed by atoms with E-state index in [2.05, 4.69) is 82.5 Å². The van der Waals surface area contributed by atoms with E-state index in [4.69, 9.17) is 54.1 Å². The van der Waals surface area contributed by atoms with Gasteiger partial charge in [-0.15, -0.1) is 0 Å². The average molecular weight is 1070 g/mol. The van der Waals surface area contributed by atoms with Crippen molar-refractivity contribution < 1.29 is 14.2 Å². The fraction of sp³-hybridized carbons (Fsp3) is 0.206. The summed E-state index contributed by atoms with van der Waals surface area (Å²) in [7, 11) is 0. The molecule has 0 aliphatic heterocycles. The van der Waals surface area contributed by atoms with Crippen LogP contribution in [0.3, 0.4) is 0 Å². The molecule has 0 spiro atoms. The number of imidazole rings is 3. The maximum absolute atomic E-state index is 6.36. The topological polar surface area (TPSA) is 196 Å². The lowest BCUT2D eigenvalue weighted by Crippen LogP contribution is -2.05. The number of rotatable bonds is 11. The van der Waals surface area contributed by atoms with E-state index in [0.717, 1.165) is 171 Å². The van der Waals surface area contributed by atoms with Gasteiger partial charge in [-0.2, -0.15) is 19.9 Å². The van der Waals surface area contributed by atoms with E-state index in [1.165, 1.54) is 0 Å². The van der Waals surface area contributed by atoms with Crippen LogP contribution >= 0.6 is 0 Å². The molecule has 12 heterocycles. The number of aromatic nitrogens is 15. The highest BCUT2D eigenvalue weighted by Gasteiger charge is 2.29. The Morgan fingerprint density at radius 2 is 1.10 bits per heavy atom. The van der Waals surface area contributed by atoms with Crippen LogP contribution in [0.15, 0.2) is 122 Å². The van der Waals surface area contributed by atoms with Gasteiger partial charge in [-0.05, 0) is 144 Å². The van der Waals surface area contributed by atoms with Crippen LogP contribution in [0.2, 0.25) is 0 Å². The minimum Gasteiger partial charge on any atom is -0.457 e. The summed E-state index contributed by atoms with van der Waals surface area (Å²) in [5, 5.41) is 3.91. The van der Waals surface area contributed by atoms with Crippen molar-refractivity contribution in [3.8, 4) is 18.0 Å². The lowest BCUT2D eigenvalue weighted by Gasteiger charge is -2.11. The molecule has 1 atom stereocenters. The molecule has 18 heteroatoms. The van der Waals surface area contributed by atoms with E-state index < -0.39 is 0 Å². The zero-order valence-electron chi connectivity index (χ0n) is 45.1. The number of nitrogens with zero attached hydrogens (tertiary/aromatic N) is 15. The van der Waals surface area contributed by atoms with E-state index >= 15 is 0 Å². The maximum atomic E-state index is 6.36. The molecule has 0 saturated heterocycles. The normalized spacial score (nSPS) is 14.3. The van der Waals surface area contributed by atoms with E-state index in [-0.39, 0.29) is 25.7 Å². The average Bonchev–Trinajstić information content (AvgIpc) is 4.33. The summed E-state index contributed by atoms with van der Waals surface area (Å²) < 4.78 is 24.9. The van der Waals surface area contributed by atoms with Crippen molar-refractivity contribution in [2.45, 2.75) is 86.0 Å². The molecule has 2 aliphatic carbocycles. The maximum Gasteiger partial charge on any atom is 0.317 e. The quantitative estimate of drug-likeness (QED) is 0.119. The van der Waals surface area contributed by atoms with Crippen LogP contribution in [0.4, 0.5) is 0 Å². The van der Waals surface area contributed by atoms with E-state index in [1.807, 2.05) is 107 Å². The Kier molecular flexibility index (Phi) is 11.3. The Balaban J connectivity index is 0.613. The summed E-state index contributed by atoms with van der Waals surface area (Å²) in [6.07, 6.45) is 19.1. The molecule has 0 amide bonds. The fourth-order valence-electron chi connectivity index (χ4n) is 11.5. The number of fused-ring (bicyclic) bond motifs is 12. The van der Waals surface area contributed by atoms with Gasteiger partial charge in [-0.3, -0.25) is 9.97 Å². The SMILES string of the molecule is Cc1nc(OCc2nc3c4ccc(C5=CCCc6cnc(OCc7nc8c9cccnc9ccn8c7C)nc6C=C5)nc4ccn3c2C)nc2c1CC(c1ccc3c(ccn4c(C)c(COc5nc(C)c6ccccc6n5)nc34)n1)C2. The first-order valence-corrected chi connectivity index (χ1v) is 27.1. The van der Waals surface area contributed by atoms with Gasteiger partial charge >= 0.3 is 18.0 Å². The summed E-state index contributed by atoms with van der Waals surface area (Å²) in [6, 6.07) is 27.4. The number of allylic oxidation sites excluding steroid dienone is 3. The Morgan fingerprint density at radius 3 is 1.83 bits per heavy atom. The fourth-order valence-corrected chi connectivity index (χ4v) is 11.5. The third-order valence-corrected chi connectivity index (χ3v) is 16.1. The van der Waals surface area contributed by atoms with Gasteiger partial charge in [0.1, 0.15) is 36.8 Å². The van der Waals surface area contributed by atoms with Gasteiger partial charge in [0.25, 0.3) is 0 Å². The summed E-state index contributed by atoms with van der Waals surface area (Å²) in [5.41, 5.74) is 20.0. The number of pyridine rings is 6. The third kappa shape index (κ3) is 8.40. The Morgan fingerprint density at radius 1 is 0.494 bits per heavy atom. The van der Waals surface area contributed by atoms with Gasteiger partial charge in [-0.1, -0.05) is 30.4 Å². The van der Waals surface area contributed by atoms with E-state index in [9.17, 15) is 0 Å². The van der Waals surface area contributed by atoms with Crippen LogP contribution in [-0.2, 0) is 39.1 Å². The molecule has 15 rings (SSSR count). The number of aryl methyl sites for hydroxylation is 6. The largest absolute Gasteiger partial charge is 0.457 e. The summed E-state index contributed by atoms with van der Waals surface area (Å²) in [6.45, 7) is 10.8. The first-order valence-electron chi connectivity index (χ1n) is 27.1. The molecule has 81 heavy (non-hydrogen) atoms. The molecule has 0 radical (unpaired) electrons. The predicted molar refractivity (Wildman–Crippen MR) is 307 cm³/mol. The molecular weight excluding hydrogens is 1010 g/mol. The lowest BCUT2D eigenvalue weighted by atomic mass is 10.0. The van der Waals surface area contributed by atoms with Gasteiger partial charge in [0.15, 0.2) is 0 Å². The van der Waals surface area contributed by atoms with Crippen molar-refractivity contribution in [3.63, 3.8) is 0 Å². The molecule has 2 aliphatic rings. The smallest absolute Gasteiger partial charge is 0.317 e. The van der Waals surface area contributed by atoms with Gasteiger partial charge in [0.2, 0.25) is 0 Å². The third-order valence-electron chi connectivity index (χ3n) is 16.1. The molecule has 1 unspecified atom stereocenters. The molecule has 18 nitrogen and oxygen atoms in total. The molecule has 0 N–H and O–H groups in total. The standard InChI is InChI=1S/C63H51N15O3/c1-34-42-12-6-7-14-51(42)74-62(66-34)80-32-56-37(4)78-27-23-53-45(60(78)71-56)17-20-49(69-53)41-28-46-35(2)67-63(75-54(46)29-41)81-33-57-38(5)77-26-22-52-44(59(77)72-57)16-19-47(68-52)39-10-8-11-40-30-65-61(73-48(40)18-15-39)79-31-55-36(3)76-25-21-50-43(58(76)70-55)13-9-24-64-50/h6-7,9-10,12-27,30,41H,8,11,28-29,31-33H2,1-5H3. The zero-order chi connectivity index (χ0) is 54.5. The van der Waals surface area contributed by atoms with Gasteiger partial charge in [-0.25, -0.2) is 29.9 Å². The second-order valence-electron chi connectivity index (χ2n) is 20.9. The second kappa shape index (κ2) is 19.1. The van der Waals surface area contributed by atoms with Crippen molar-refractivity contribution in [2.24, 2.45) is 0 Å². The molecule has 13 aromatic rings. The van der Waals surface area contributed by atoms with Crippen LogP contribution < -0.4 is 14.2 Å². The zero-order valence-corrected chi connectivity index (χ0v) is 45.1. The summed E-state index contributed by atoms with van der Waals surface area (Å²) in [5.74, 6) is 0.147. The first-order chi connectivity index (χ1) is 39.6. The van der Waals surface area contributed by atoms with Gasteiger partial charge in [0, 0.05) is 86.9 Å². The lowest BCUT2D eigenvalue weighted by molar-refractivity contribution is 0.274.